The number of carbonyl (C=O) groups excluding carboxylic acids is 2. The number of ketones is 1. The van der Waals surface area contributed by atoms with Crippen LogP contribution >= 0.6 is 0 Å². The Hall–Kier alpha value is -2.04. The molecule has 0 aromatic heterocycles. The molecule has 0 N–H and O–H groups in total. The van der Waals surface area contributed by atoms with Gasteiger partial charge in [-0.2, -0.15) is 0 Å². The Morgan fingerprint density at radius 1 is 1.15 bits per heavy atom. The highest BCUT2D eigenvalue weighted by atomic mass is 16.5. The van der Waals surface area contributed by atoms with Crippen molar-refractivity contribution in [3.8, 4) is 11.5 Å². The molecule has 1 fully saturated rings. The van der Waals surface area contributed by atoms with Gasteiger partial charge in [0.05, 0.1) is 21.3 Å². The van der Waals surface area contributed by atoms with Gasteiger partial charge in [-0.1, -0.05) is 6.07 Å². The van der Waals surface area contributed by atoms with Gasteiger partial charge in [0, 0.05) is 6.42 Å². The summed E-state index contributed by atoms with van der Waals surface area (Å²) in [6, 6.07) is 5.10. The summed E-state index contributed by atoms with van der Waals surface area (Å²) in [4.78, 5) is 24.5. The summed E-state index contributed by atoms with van der Waals surface area (Å²) >= 11 is 0. The van der Waals surface area contributed by atoms with Crippen molar-refractivity contribution >= 4 is 11.8 Å². The largest absolute Gasteiger partial charge is 0.493 e. The van der Waals surface area contributed by atoms with Crippen LogP contribution in [0.3, 0.4) is 0 Å². The van der Waals surface area contributed by atoms with E-state index in [1.807, 2.05) is 0 Å². The Labute approximate surface area is 117 Å². The first-order valence-electron chi connectivity index (χ1n) is 6.44. The molecule has 20 heavy (non-hydrogen) atoms. The maximum absolute atomic E-state index is 12.3. The van der Waals surface area contributed by atoms with Crippen LogP contribution in [0.25, 0.3) is 0 Å². The molecule has 2 rings (SSSR count). The highest BCUT2D eigenvalue weighted by molar-refractivity contribution is 6.11. The van der Waals surface area contributed by atoms with Crippen LogP contribution < -0.4 is 9.47 Å². The van der Waals surface area contributed by atoms with E-state index >= 15 is 0 Å². The topological polar surface area (TPSA) is 61.8 Å². The maximum Gasteiger partial charge on any atom is 0.323 e. The fraction of sp³-hybridized carbons (Fsp3) is 0.467. The molecule has 1 aliphatic rings. The van der Waals surface area contributed by atoms with Crippen molar-refractivity contribution in [2.45, 2.75) is 24.7 Å². The quantitative estimate of drug-likeness (QED) is 0.621. The monoisotopic (exact) mass is 278 g/mol. The molecular weight excluding hydrogens is 260 g/mol. The number of carbonyl (C=O) groups is 2. The van der Waals surface area contributed by atoms with Gasteiger partial charge in [0.2, 0.25) is 0 Å². The molecule has 1 aromatic carbocycles. The van der Waals surface area contributed by atoms with Crippen molar-refractivity contribution in [3.63, 3.8) is 0 Å². The van der Waals surface area contributed by atoms with Gasteiger partial charge in [-0.3, -0.25) is 9.59 Å². The summed E-state index contributed by atoms with van der Waals surface area (Å²) in [5, 5.41) is 0. The van der Waals surface area contributed by atoms with E-state index in [-0.39, 0.29) is 5.78 Å². The molecule has 1 atom stereocenters. The van der Waals surface area contributed by atoms with Gasteiger partial charge in [-0.05, 0) is 30.5 Å². The number of hydrogen-bond donors (Lipinski definition) is 0. The Morgan fingerprint density at radius 3 is 2.35 bits per heavy atom. The minimum absolute atomic E-state index is 0.100. The van der Waals surface area contributed by atoms with E-state index in [1.165, 1.54) is 21.3 Å². The van der Waals surface area contributed by atoms with Crippen LogP contribution in [-0.2, 0) is 19.7 Å². The first-order valence-corrected chi connectivity index (χ1v) is 6.44. The van der Waals surface area contributed by atoms with Gasteiger partial charge < -0.3 is 14.2 Å². The average Bonchev–Trinajstić information content (AvgIpc) is 2.88. The number of ether oxygens (including phenoxy) is 3. The lowest BCUT2D eigenvalue weighted by molar-refractivity contribution is -0.150. The number of methoxy groups -OCH3 is 3. The second-order valence-corrected chi connectivity index (χ2v) is 4.74. The van der Waals surface area contributed by atoms with Crippen LogP contribution in [0.5, 0.6) is 11.5 Å². The summed E-state index contributed by atoms with van der Waals surface area (Å²) in [5.41, 5.74) is -0.599. The van der Waals surface area contributed by atoms with Crippen LogP contribution in [0, 0.1) is 0 Å². The molecule has 0 aliphatic heterocycles. The first-order chi connectivity index (χ1) is 9.59. The second-order valence-electron chi connectivity index (χ2n) is 4.74. The minimum Gasteiger partial charge on any atom is -0.493 e. The SMILES string of the molecule is COC(=O)C1(c2ccc(OC)c(OC)c2)CCCC1=O. The predicted octanol–water partition coefficient (Wildman–Crippen LogP) is 1.87. The molecule has 108 valence electrons. The zero-order valence-electron chi connectivity index (χ0n) is 11.9. The summed E-state index contributed by atoms with van der Waals surface area (Å²) in [7, 11) is 4.35. The van der Waals surface area contributed by atoms with Crippen molar-refractivity contribution in [2.75, 3.05) is 21.3 Å². The van der Waals surface area contributed by atoms with Crippen molar-refractivity contribution in [1.82, 2.24) is 0 Å². The maximum atomic E-state index is 12.3. The lowest BCUT2D eigenvalue weighted by Crippen LogP contribution is -2.40. The molecule has 0 heterocycles. The molecule has 1 saturated carbocycles. The molecular formula is C15H18O5. The zero-order chi connectivity index (χ0) is 14.8. The number of rotatable bonds is 4. The molecule has 1 aliphatic carbocycles. The van der Waals surface area contributed by atoms with Crippen LogP contribution in [0.15, 0.2) is 18.2 Å². The van der Waals surface area contributed by atoms with E-state index in [1.54, 1.807) is 18.2 Å². The van der Waals surface area contributed by atoms with E-state index in [0.29, 0.717) is 36.3 Å². The molecule has 0 amide bonds. The number of benzene rings is 1. The molecule has 0 radical (unpaired) electrons. The summed E-state index contributed by atoms with van der Waals surface area (Å²) in [5.74, 6) is 0.443. The van der Waals surface area contributed by atoms with E-state index in [2.05, 4.69) is 0 Å². The van der Waals surface area contributed by atoms with Crippen molar-refractivity contribution in [3.05, 3.63) is 23.8 Å². The number of esters is 1. The Kier molecular flexibility index (Phi) is 3.97. The summed E-state index contributed by atoms with van der Waals surface area (Å²) in [6.07, 6.45) is 1.54. The van der Waals surface area contributed by atoms with Crippen molar-refractivity contribution < 1.29 is 23.8 Å². The molecule has 0 saturated heterocycles. The van der Waals surface area contributed by atoms with E-state index in [0.717, 1.165) is 0 Å². The van der Waals surface area contributed by atoms with E-state index < -0.39 is 11.4 Å². The standard InChI is InChI=1S/C15H18O5/c1-18-11-7-6-10(9-12(11)19-2)15(14(17)20-3)8-4-5-13(15)16/h6-7,9H,4-5,8H2,1-3H3. The van der Waals surface area contributed by atoms with Gasteiger partial charge in [0.1, 0.15) is 0 Å². The van der Waals surface area contributed by atoms with Gasteiger partial charge in [0.15, 0.2) is 22.7 Å². The third-order valence-corrected chi connectivity index (χ3v) is 3.84. The molecule has 5 nitrogen and oxygen atoms in total. The fourth-order valence-electron chi connectivity index (χ4n) is 2.78. The molecule has 1 aromatic rings. The fourth-order valence-corrected chi connectivity index (χ4v) is 2.78. The summed E-state index contributed by atoms with van der Waals surface area (Å²) in [6.45, 7) is 0. The third kappa shape index (κ3) is 2.03. The molecule has 1 unspecified atom stereocenters. The van der Waals surface area contributed by atoms with Gasteiger partial charge in [-0.25, -0.2) is 0 Å². The van der Waals surface area contributed by atoms with Crippen LogP contribution in [0.1, 0.15) is 24.8 Å². The van der Waals surface area contributed by atoms with Crippen molar-refractivity contribution in [1.29, 1.82) is 0 Å². The van der Waals surface area contributed by atoms with Crippen LogP contribution in [-0.4, -0.2) is 33.1 Å². The molecule has 0 spiro atoms. The van der Waals surface area contributed by atoms with Crippen molar-refractivity contribution in [2.24, 2.45) is 0 Å². The van der Waals surface area contributed by atoms with E-state index in [4.69, 9.17) is 14.2 Å². The van der Waals surface area contributed by atoms with Gasteiger partial charge in [-0.15, -0.1) is 0 Å². The predicted molar refractivity (Wildman–Crippen MR) is 72.1 cm³/mol. The molecule has 5 heteroatoms. The van der Waals surface area contributed by atoms with Gasteiger partial charge in [0.25, 0.3) is 0 Å². The van der Waals surface area contributed by atoms with E-state index in [9.17, 15) is 9.59 Å². The lowest BCUT2D eigenvalue weighted by Gasteiger charge is -2.25. The summed E-state index contributed by atoms with van der Waals surface area (Å²) < 4.78 is 15.3. The minimum atomic E-state index is -1.20. The first kappa shape index (κ1) is 14.4. The van der Waals surface area contributed by atoms with Crippen LogP contribution in [0.2, 0.25) is 0 Å². The Morgan fingerprint density at radius 2 is 1.85 bits per heavy atom. The molecule has 0 bridgehead atoms. The Balaban J connectivity index is 2.56. The highest BCUT2D eigenvalue weighted by Crippen LogP contribution is 2.42. The Bertz CT molecular complexity index is 537. The third-order valence-electron chi connectivity index (χ3n) is 3.84. The highest BCUT2D eigenvalue weighted by Gasteiger charge is 2.51. The zero-order valence-corrected chi connectivity index (χ0v) is 11.9. The second kappa shape index (κ2) is 5.53. The van der Waals surface area contributed by atoms with Gasteiger partial charge >= 0.3 is 5.97 Å². The normalized spacial score (nSPS) is 21.6. The van der Waals surface area contributed by atoms with Crippen LogP contribution in [0.4, 0.5) is 0 Å². The average molecular weight is 278 g/mol. The number of Topliss-reactive ketones (excluding diaryl/α,β-unsaturated/α-hetero) is 1. The smallest absolute Gasteiger partial charge is 0.323 e. The lowest BCUT2D eigenvalue weighted by atomic mass is 9.78. The number of hydrogen-bond acceptors (Lipinski definition) is 5.